The molecule has 2 aromatic carbocycles. The molecule has 2 aromatic heterocycles. The van der Waals surface area contributed by atoms with E-state index >= 15 is 0 Å². The summed E-state index contributed by atoms with van der Waals surface area (Å²) in [5.74, 6) is 0. The van der Waals surface area contributed by atoms with Gasteiger partial charge in [-0.05, 0) is 25.1 Å². The Kier molecular flexibility index (Phi) is 2.57. The highest BCUT2D eigenvalue weighted by molar-refractivity contribution is 5.91. The number of fused-ring (bicyclic) bond motifs is 1. The molecule has 0 saturated heterocycles. The third-order valence-electron chi connectivity index (χ3n) is 3.50. The van der Waals surface area contributed by atoms with Crippen molar-refractivity contribution in [1.29, 1.82) is 0 Å². The van der Waals surface area contributed by atoms with Gasteiger partial charge in [-0.15, -0.1) is 5.10 Å². The van der Waals surface area contributed by atoms with Gasteiger partial charge in [0.2, 0.25) is 0 Å². The zero-order valence-corrected chi connectivity index (χ0v) is 11.5. The number of rotatable bonds is 2. The van der Waals surface area contributed by atoms with Crippen LogP contribution in [-0.2, 0) is 0 Å². The molecule has 4 rings (SSSR count). The summed E-state index contributed by atoms with van der Waals surface area (Å²) < 4.78 is 1.76. The summed E-state index contributed by atoms with van der Waals surface area (Å²) in [6, 6.07) is 16.2. The van der Waals surface area contributed by atoms with Crippen LogP contribution < -0.4 is 0 Å². The molecular weight excluding hydrogens is 262 g/mol. The first kappa shape index (κ1) is 11.8. The van der Waals surface area contributed by atoms with Gasteiger partial charge in [-0.2, -0.15) is 5.10 Å². The fourth-order valence-electron chi connectivity index (χ4n) is 2.35. The molecule has 0 aliphatic rings. The first-order chi connectivity index (χ1) is 10.3. The molecule has 0 bridgehead atoms. The van der Waals surface area contributed by atoms with E-state index in [1.54, 1.807) is 4.68 Å². The Morgan fingerprint density at radius 2 is 1.81 bits per heavy atom. The van der Waals surface area contributed by atoms with Crippen LogP contribution in [0.3, 0.4) is 0 Å². The molecule has 5 heteroatoms. The van der Waals surface area contributed by atoms with Crippen LogP contribution in [0.2, 0.25) is 0 Å². The molecule has 21 heavy (non-hydrogen) atoms. The van der Waals surface area contributed by atoms with Crippen LogP contribution in [0, 0.1) is 6.92 Å². The minimum absolute atomic E-state index is 0.757. The van der Waals surface area contributed by atoms with E-state index in [2.05, 4.69) is 39.6 Å². The average Bonchev–Trinajstić information content (AvgIpc) is 3.14. The smallest absolute Gasteiger partial charge is 0.134 e. The lowest BCUT2D eigenvalue weighted by molar-refractivity contribution is 0.803. The highest BCUT2D eigenvalue weighted by Crippen LogP contribution is 2.24. The fourth-order valence-corrected chi connectivity index (χ4v) is 2.35. The number of para-hydroxylation sites is 1. The van der Waals surface area contributed by atoms with Crippen molar-refractivity contribution in [2.45, 2.75) is 6.92 Å². The Hall–Kier alpha value is -2.95. The summed E-state index contributed by atoms with van der Waals surface area (Å²) in [5.41, 5.74) is 4.78. The van der Waals surface area contributed by atoms with Gasteiger partial charge in [0.15, 0.2) is 0 Å². The first-order valence-corrected chi connectivity index (χ1v) is 6.74. The van der Waals surface area contributed by atoms with Crippen molar-refractivity contribution in [3.63, 3.8) is 0 Å². The molecule has 0 aliphatic heterocycles. The van der Waals surface area contributed by atoms with E-state index in [1.807, 2.05) is 42.6 Å². The Morgan fingerprint density at radius 1 is 1.00 bits per heavy atom. The van der Waals surface area contributed by atoms with Gasteiger partial charge in [0.25, 0.3) is 0 Å². The van der Waals surface area contributed by atoms with Crippen molar-refractivity contribution in [1.82, 2.24) is 25.2 Å². The van der Waals surface area contributed by atoms with E-state index in [4.69, 9.17) is 0 Å². The number of nitrogens with one attached hydrogen (secondary N) is 1. The molecule has 0 radical (unpaired) electrons. The SMILES string of the molecule is Cc1ccc(-n2cc(-c3n[nH]c4ccccc34)nn2)cc1. The predicted molar refractivity (Wildman–Crippen MR) is 81.2 cm³/mol. The molecule has 0 saturated carbocycles. The molecule has 0 spiro atoms. The van der Waals surface area contributed by atoms with Crippen LogP contribution in [0.1, 0.15) is 5.56 Å². The summed E-state index contributed by atoms with van der Waals surface area (Å²) in [6.07, 6.45) is 1.90. The van der Waals surface area contributed by atoms with E-state index in [0.717, 1.165) is 28.0 Å². The van der Waals surface area contributed by atoms with Gasteiger partial charge in [0, 0.05) is 5.39 Å². The topological polar surface area (TPSA) is 59.4 Å². The Labute approximate surface area is 121 Å². The van der Waals surface area contributed by atoms with Gasteiger partial charge in [-0.3, -0.25) is 5.10 Å². The molecule has 2 heterocycles. The second-order valence-corrected chi connectivity index (χ2v) is 5.00. The number of H-pyrrole nitrogens is 1. The summed E-state index contributed by atoms with van der Waals surface area (Å²) in [6.45, 7) is 2.06. The maximum absolute atomic E-state index is 4.35. The van der Waals surface area contributed by atoms with E-state index in [-0.39, 0.29) is 0 Å². The van der Waals surface area contributed by atoms with E-state index < -0.39 is 0 Å². The minimum atomic E-state index is 0.757. The fraction of sp³-hybridized carbons (Fsp3) is 0.0625. The molecular formula is C16H13N5. The van der Waals surface area contributed by atoms with Crippen LogP contribution >= 0.6 is 0 Å². The lowest BCUT2D eigenvalue weighted by Gasteiger charge is -1.99. The van der Waals surface area contributed by atoms with Crippen molar-refractivity contribution in [2.75, 3.05) is 0 Å². The van der Waals surface area contributed by atoms with Crippen LogP contribution in [-0.4, -0.2) is 25.2 Å². The van der Waals surface area contributed by atoms with Crippen LogP contribution in [0.25, 0.3) is 28.0 Å². The van der Waals surface area contributed by atoms with Crippen LogP contribution in [0.15, 0.2) is 54.7 Å². The van der Waals surface area contributed by atoms with Crippen molar-refractivity contribution in [3.8, 4) is 17.1 Å². The number of aromatic amines is 1. The lowest BCUT2D eigenvalue weighted by Crippen LogP contribution is -1.94. The molecule has 0 atom stereocenters. The molecule has 0 unspecified atom stereocenters. The minimum Gasteiger partial charge on any atom is -0.277 e. The normalized spacial score (nSPS) is 11.1. The molecule has 1 N–H and O–H groups in total. The van der Waals surface area contributed by atoms with E-state index in [0.29, 0.717) is 0 Å². The number of aromatic nitrogens is 5. The largest absolute Gasteiger partial charge is 0.277 e. The van der Waals surface area contributed by atoms with Crippen molar-refractivity contribution in [2.24, 2.45) is 0 Å². The number of aryl methyl sites for hydroxylation is 1. The molecule has 0 amide bonds. The van der Waals surface area contributed by atoms with Crippen molar-refractivity contribution in [3.05, 3.63) is 60.3 Å². The Morgan fingerprint density at radius 3 is 2.67 bits per heavy atom. The van der Waals surface area contributed by atoms with Gasteiger partial charge < -0.3 is 0 Å². The predicted octanol–water partition coefficient (Wildman–Crippen LogP) is 3.12. The Balaban J connectivity index is 1.79. The van der Waals surface area contributed by atoms with Gasteiger partial charge in [-0.1, -0.05) is 41.1 Å². The second kappa shape index (κ2) is 4.56. The second-order valence-electron chi connectivity index (χ2n) is 5.00. The third-order valence-corrected chi connectivity index (χ3v) is 3.50. The number of hydrogen-bond donors (Lipinski definition) is 1. The highest BCUT2D eigenvalue weighted by Gasteiger charge is 2.11. The molecule has 4 aromatic rings. The zero-order valence-electron chi connectivity index (χ0n) is 11.5. The van der Waals surface area contributed by atoms with Crippen LogP contribution in [0.5, 0.6) is 0 Å². The van der Waals surface area contributed by atoms with Crippen LogP contribution in [0.4, 0.5) is 0 Å². The standard InChI is InChI=1S/C16H13N5/c1-11-6-8-12(9-7-11)21-10-15(18-20-21)16-13-4-2-3-5-14(13)17-19-16/h2-10H,1H3,(H,17,19). The summed E-state index contributed by atoms with van der Waals surface area (Å²) in [4.78, 5) is 0. The first-order valence-electron chi connectivity index (χ1n) is 6.74. The summed E-state index contributed by atoms with van der Waals surface area (Å²) in [7, 11) is 0. The molecule has 0 aliphatic carbocycles. The monoisotopic (exact) mass is 275 g/mol. The Bertz CT molecular complexity index is 902. The number of benzene rings is 2. The molecule has 0 fully saturated rings. The quantitative estimate of drug-likeness (QED) is 0.611. The highest BCUT2D eigenvalue weighted by atomic mass is 15.4. The van der Waals surface area contributed by atoms with Gasteiger partial charge in [0.1, 0.15) is 11.4 Å². The van der Waals surface area contributed by atoms with E-state index in [9.17, 15) is 0 Å². The van der Waals surface area contributed by atoms with Crippen molar-refractivity contribution < 1.29 is 0 Å². The average molecular weight is 275 g/mol. The number of hydrogen-bond acceptors (Lipinski definition) is 3. The summed E-state index contributed by atoms with van der Waals surface area (Å²) in [5, 5.41) is 16.8. The maximum Gasteiger partial charge on any atom is 0.134 e. The van der Waals surface area contributed by atoms with E-state index in [1.165, 1.54) is 5.56 Å². The zero-order chi connectivity index (χ0) is 14.2. The molecule has 102 valence electrons. The third kappa shape index (κ3) is 1.99. The lowest BCUT2D eigenvalue weighted by atomic mass is 10.2. The van der Waals surface area contributed by atoms with Gasteiger partial charge >= 0.3 is 0 Å². The van der Waals surface area contributed by atoms with Gasteiger partial charge in [0.05, 0.1) is 17.4 Å². The summed E-state index contributed by atoms with van der Waals surface area (Å²) >= 11 is 0. The maximum atomic E-state index is 4.35. The van der Waals surface area contributed by atoms with Gasteiger partial charge in [-0.25, -0.2) is 4.68 Å². The van der Waals surface area contributed by atoms with Crippen molar-refractivity contribution >= 4 is 10.9 Å². The number of nitrogens with zero attached hydrogens (tertiary/aromatic N) is 4. The molecule has 5 nitrogen and oxygen atoms in total.